The molecule has 0 heterocycles. The van der Waals surface area contributed by atoms with Gasteiger partial charge in [0.15, 0.2) is 0 Å². The number of nitrogens with one attached hydrogen (secondary N) is 1. The Morgan fingerprint density at radius 1 is 1.22 bits per heavy atom. The van der Waals surface area contributed by atoms with Crippen molar-refractivity contribution in [1.29, 1.82) is 0 Å². The number of carboxylic acid groups (broad SMARTS) is 1. The zero-order valence-corrected chi connectivity index (χ0v) is 13.9. The van der Waals surface area contributed by atoms with Crippen LogP contribution in [0.3, 0.4) is 0 Å². The molecule has 0 bridgehead atoms. The van der Waals surface area contributed by atoms with Gasteiger partial charge >= 0.3 is 5.97 Å². The van der Waals surface area contributed by atoms with Crippen molar-refractivity contribution in [2.75, 3.05) is 11.9 Å². The maximum Gasteiger partial charge on any atom is 0.328 e. The van der Waals surface area contributed by atoms with E-state index in [9.17, 15) is 9.59 Å². The van der Waals surface area contributed by atoms with Crippen molar-refractivity contribution < 1.29 is 19.4 Å². The lowest BCUT2D eigenvalue weighted by atomic mass is 10.1. The minimum absolute atomic E-state index is 0.101. The predicted molar refractivity (Wildman–Crippen MR) is 91.2 cm³/mol. The maximum atomic E-state index is 11.8. The summed E-state index contributed by atoms with van der Waals surface area (Å²) in [6.45, 7) is 6.70. The van der Waals surface area contributed by atoms with Crippen LogP contribution in [-0.4, -0.2) is 29.7 Å². The number of carbonyl (C=O) groups excluding carboxylic acids is 1. The number of carboxylic acids is 1. The highest BCUT2D eigenvalue weighted by atomic mass is 16.5. The van der Waals surface area contributed by atoms with Crippen LogP contribution in [0.4, 0.5) is 5.69 Å². The van der Waals surface area contributed by atoms with E-state index in [1.54, 1.807) is 24.3 Å². The molecule has 0 spiro atoms. The van der Waals surface area contributed by atoms with Crippen LogP contribution in [0.15, 0.2) is 30.3 Å². The van der Waals surface area contributed by atoms with Crippen molar-refractivity contribution in [2.24, 2.45) is 5.92 Å². The molecule has 0 aliphatic rings. The molecule has 0 aromatic heterocycles. The van der Waals surface area contributed by atoms with Gasteiger partial charge in [0.2, 0.25) is 5.91 Å². The summed E-state index contributed by atoms with van der Waals surface area (Å²) in [6, 6.07) is 6.97. The summed E-state index contributed by atoms with van der Waals surface area (Å²) in [5.41, 5.74) is 1.44. The largest absolute Gasteiger partial charge is 0.478 e. The van der Waals surface area contributed by atoms with Gasteiger partial charge in [-0.3, -0.25) is 4.79 Å². The van der Waals surface area contributed by atoms with Crippen molar-refractivity contribution >= 4 is 23.6 Å². The number of hydrogen-bond donors (Lipinski definition) is 2. The molecule has 0 aliphatic heterocycles. The topological polar surface area (TPSA) is 75.6 Å². The summed E-state index contributed by atoms with van der Waals surface area (Å²) in [4.78, 5) is 22.3. The zero-order valence-electron chi connectivity index (χ0n) is 13.9. The number of amides is 1. The molecule has 1 atom stereocenters. The molecule has 1 unspecified atom stereocenters. The fourth-order valence-corrected chi connectivity index (χ4v) is 2.15. The quantitative estimate of drug-likeness (QED) is 0.682. The third-order valence-corrected chi connectivity index (χ3v) is 3.15. The number of anilines is 1. The van der Waals surface area contributed by atoms with E-state index in [2.05, 4.69) is 19.2 Å². The Labute approximate surface area is 137 Å². The molecule has 2 N–H and O–H groups in total. The minimum Gasteiger partial charge on any atom is -0.478 e. The van der Waals surface area contributed by atoms with Gasteiger partial charge in [-0.25, -0.2) is 4.79 Å². The third-order valence-electron chi connectivity index (χ3n) is 3.15. The molecule has 1 rings (SSSR count). The van der Waals surface area contributed by atoms with Crippen LogP contribution in [0.5, 0.6) is 0 Å². The van der Waals surface area contributed by atoms with Gasteiger partial charge in [-0.2, -0.15) is 0 Å². The molecule has 1 aromatic carbocycles. The van der Waals surface area contributed by atoms with Gasteiger partial charge in [-0.1, -0.05) is 26.0 Å². The lowest BCUT2D eigenvalue weighted by Gasteiger charge is -2.14. The van der Waals surface area contributed by atoms with Gasteiger partial charge in [0.1, 0.15) is 0 Å². The number of benzene rings is 1. The van der Waals surface area contributed by atoms with Gasteiger partial charge in [0.05, 0.1) is 19.1 Å². The summed E-state index contributed by atoms with van der Waals surface area (Å²) >= 11 is 0. The Hall–Kier alpha value is -2.14. The highest BCUT2D eigenvalue weighted by molar-refractivity contribution is 5.91. The molecule has 0 fully saturated rings. The van der Waals surface area contributed by atoms with Gasteiger partial charge in [0, 0.05) is 11.8 Å². The Morgan fingerprint density at radius 2 is 1.87 bits per heavy atom. The lowest BCUT2D eigenvalue weighted by Crippen LogP contribution is -2.18. The average molecular weight is 319 g/mol. The molecule has 5 heteroatoms. The third kappa shape index (κ3) is 8.78. The van der Waals surface area contributed by atoms with E-state index in [0.29, 0.717) is 24.6 Å². The first-order chi connectivity index (χ1) is 10.9. The maximum absolute atomic E-state index is 11.8. The van der Waals surface area contributed by atoms with Crippen LogP contribution < -0.4 is 5.32 Å². The van der Waals surface area contributed by atoms with Crippen molar-refractivity contribution in [2.45, 2.75) is 39.7 Å². The first-order valence-electron chi connectivity index (χ1n) is 7.79. The van der Waals surface area contributed by atoms with Crippen LogP contribution in [0.1, 0.15) is 39.2 Å². The lowest BCUT2D eigenvalue weighted by molar-refractivity contribution is -0.131. The second-order valence-corrected chi connectivity index (χ2v) is 5.90. The molecule has 0 radical (unpaired) electrons. The number of aliphatic carboxylic acids is 1. The number of ether oxygens (including phenoxy) is 1. The average Bonchev–Trinajstić information content (AvgIpc) is 2.45. The number of hydrogen-bond acceptors (Lipinski definition) is 3. The molecular formula is C18H25NO4. The number of rotatable bonds is 9. The van der Waals surface area contributed by atoms with Crippen LogP contribution in [0, 0.1) is 5.92 Å². The van der Waals surface area contributed by atoms with E-state index in [4.69, 9.17) is 9.84 Å². The highest BCUT2D eigenvalue weighted by Gasteiger charge is 2.07. The van der Waals surface area contributed by atoms with Crippen molar-refractivity contribution in [3.8, 4) is 0 Å². The Balaban J connectivity index is 2.35. The monoisotopic (exact) mass is 319 g/mol. The molecule has 0 aliphatic carbocycles. The van der Waals surface area contributed by atoms with Crippen LogP contribution in [0.25, 0.3) is 6.08 Å². The summed E-state index contributed by atoms with van der Waals surface area (Å²) in [6.07, 6.45) is 4.01. The van der Waals surface area contributed by atoms with Crippen molar-refractivity contribution in [3.05, 3.63) is 35.9 Å². The summed E-state index contributed by atoms with van der Waals surface area (Å²) in [5.74, 6) is -0.517. The van der Waals surface area contributed by atoms with E-state index in [1.807, 2.05) is 6.92 Å². The van der Waals surface area contributed by atoms with Crippen molar-refractivity contribution in [1.82, 2.24) is 0 Å². The fraction of sp³-hybridized carbons (Fsp3) is 0.444. The van der Waals surface area contributed by atoms with Gasteiger partial charge < -0.3 is 15.2 Å². The zero-order chi connectivity index (χ0) is 17.2. The normalized spacial score (nSPS) is 12.5. The van der Waals surface area contributed by atoms with E-state index >= 15 is 0 Å². The van der Waals surface area contributed by atoms with Gasteiger partial charge in [-0.05, 0) is 43.0 Å². The van der Waals surface area contributed by atoms with E-state index in [-0.39, 0.29) is 12.0 Å². The second-order valence-electron chi connectivity index (χ2n) is 5.90. The molecule has 1 amide bonds. The smallest absolute Gasteiger partial charge is 0.328 e. The molecule has 0 saturated heterocycles. The van der Waals surface area contributed by atoms with E-state index in [0.717, 1.165) is 18.1 Å². The fourth-order valence-electron chi connectivity index (χ4n) is 2.15. The van der Waals surface area contributed by atoms with Crippen molar-refractivity contribution in [3.63, 3.8) is 0 Å². The predicted octanol–water partition coefficient (Wildman–Crippen LogP) is 3.56. The standard InChI is InChI=1S/C18H25NO4/c1-13(2)12-14(3)23-11-10-17(20)19-16-7-4-15(5-8-16)6-9-18(21)22/h4-9,13-14H,10-12H2,1-3H3,(H,19,20)(H,21,22)/b9-6+. The van der Waals surface area contributed by atoms with E-state index < -0.39 is 5.97 Å². The summed E-state index contributed by atoms with van der Waals surface area (Å²) in [7, 11) is 0. The number of carbonyl (C=O) groups is 2. The first-order valence-corrected chi connectivity index (χ1v) is 7.79. The van der Waals surface area contributed by atoms with Crippen LogP contribution in [0.2, 0.25) is 0 Å². The molecular weight excluding hydrogens is 294 g/mol. The van der Waals surface area contributed by atoms with E-state index in [1.165, 1.54) is 6.08 Å². The molecule has 23 heavy (non-hydrogen) atoms. The molecule has 126 valence electrons. The Bertz CT molecular complexity index is 534. The Kier molecular flexibility index (Phi) is 8.05. The summed E-state index contributed by atoms with van der Waals surface area (Å²) in [5, 5.41) is 11.4. The minimum atomic E-state index is -0.992. The first kappa shape index (κ1) is 18.9. The molecule has 0 saturated carbocycles. The molecule has 1 aromatic rings. The van der Waals surface area contributed by atoms with Crippen LogP contribution >= 0.6 is 0 Å². The Morgan fingerprint density at radius 3 is 2.43 bits per heavy atom. The second kappa shape index (κ2) is 9.79. The SMILES string of the molecule is CC(C)CC(C)OCCC(=O)Nc1ccc(/C=C/C(=O)O)cc1. The van der Waals surface area contributed by atoms with Crippen LogP contribution in [-0.2, 0) is 14.3 Å². The summed E-state index contributed by atoms with van der Waals surface area (Å²) < 4.78 is 5.61. The highest BCUT2D eigenvalue weighted by Crippen LogP contribution is 2.12. The van der Waals surface area contributed by atoms with Gasteiger partial charge in [0.25, 0.3) is 0 Å². The molecule has 5 nitrogen and oxygen atoms in total. The van der Waals surface area contributed by atoms with Gasteiger partial charge in [-0.15, -0.1) is 0 Å².